The van der Waals surface area contributed by atoms with E-state index >= 15 is 0 Å². The van der Waals surface area contributed by atoms with Crippen LogP contribution in [0.1, 0.15) is 6.92 Å². The summed E-state index contributed by atoms with van der Waals surface area (Å²) in [4.78, 5) is 14.9. The van der Waals surface area contributed by atoms with Gasteiger partial charge in [0, 0.05) is 38.8 Å². The Morgan fingerprint density at radius 2 is 1.72 bits per heavy atom. The second-order valence-corrected chi connectivity index (χ2v) is 9.76. The number of ether oxygens (including phenoxy) is 1. The minimum absolute atomic E-state index is 0.166. The number of piperazine rings is 1. The Kier molecular flexibility index (Phi) is 6.31. The number of morpholine rings is 1. The maximum absolute atomic E-state index is 14.7. The van der Waals surface area contributed by atoms with Gasteiger partial charge < -0.3 is 14.5 Å². The predicted octanol–water partition coefficient (Wildman–Crippen LogP) is 2.47. The number of nitro groups is 1. The SMILES string of the molecule is C[C@H]1CN(c2cc(N3CCOCC3)c(F)cc2[N+](=O)[O-])CCN1S(=O)(=O)c1ccccc1. The highest BCUT2D eigenvalue weighted by Crippen LogP contribution is 2.37. The molecule has 0 aromatic heterocycles. The van der Waals surface area contributed by atoms with Crippen LogP contribution >= 0.6 is 0 Å². The molecule has 1 atom stereocenters. The molecule has 172 valence electrons. The number of hydrogen-bond donors (Lipinski definition) is 0. The van der Waals surface area contributed by atoms with Gasteiger partial charge >= 0.3 is 0 Å². The van der Waals surface area contributed by atoms with E-state index in [9.17, 15) is 22.9 Å². The molecule has 0 aliphatic carbocycles. The first-order chi connectivity index (χ1) is 15.3. The molecule has 0 saturated carbocycles. The number of nitrogens with zero attached hydrogens (tertiary/aromatic N) is 4. The number of rotatable bonds is 5. The smallest absolute Gasteiger partial charge is 0.295 e. The Morgan fingerprint density at radius 1 is 1.03 bits per heavy atom. The van der Waals surface area contributed by atoms with E-state index in [1.807, 2.05) is 4.90 Å². The molecule has 0 amide bonds. The number of sulfonamides is 1. The lowest BCUT2D eigenvalue weighted by molar-refractivity contribution is -0.384. The highest BCUT2D eigenvalue weighted by atomic mass is 32.2. The molecule has 2 aliphatic rings. The molecule has 4 rings (SSSR count). The first kappa shape index (κ1) is 22.4. The third-order valence-electron chi connectivity index (χ3n) is 5.85. The summed E-state index contributed by atoms with van der Waals surface area (Å²) in [6, 6.07) is 10.2. The molecular weight excluding hydrogens is 439 g/mol. The largest absolute Gasteiger partial charge is 0.378 e. The summed E-state index contributed by atoms with van der Waals surface area (Å²) < 4.78 is 47.6. The van der Waals surface area contributed by atoms with Gasteiger partial charge in [-0.15, -0.1) is 0 Å². The minimum atomic E-state index is -3.68. The lowest BCUT2D eigenvalue weighted by atomic mass is 10.1. The van der Waals surface area contributed by atoms with Gasteiger partial charge in [0.05, 0.1) is 34.8 Å². The molecule has 11 heteroatoms. The van der Waals surface area contributed by atoms with Crippen LogP contribution in [0.2, 0.25) is 0 Å². The summed E-state index contributed by atoms with van der Waals surface area (Å²) >= 11 is 0. The molecule has 0 unspecified atom stereocenters. The molecule has 2 saturated heterocycles. The van der Waals surface area contributed by atoms with E-state index in [2.05, 4.69) is 0 Å². The average molecular weight is 465 g/mol. The second-order valence-electron chi connectivity index (χ2n) is 7.87. The number of benzene rings is 2. The van der Waals surface area contributed by atoms with E-state index in [1.165, 1.54) is 10.4 Å². The summed E-state index contributed by atoms with van der Waals surface area (Å²) in [6.45, 7) is 4.34. The maximum Gasteiger partial charge on any atom is 0.295 e. The predicted molar refractivity (Wildman–Crippen MR) is 118 cm³/mol. The fourth-order valence-electron chi connectivity index (χ4n) is 4.23. The van der Waals surface area contributed by atoms with Gasteiger partial charge in [-0.25, -0.2) is 12.8 Å². The van der Waals surface area contributed by atoms with Crippen LogP contribution < -0.4 is 9.80 Å². The molecule has 2 heterocycles. The van der Waals surface area contributed by atoms with Crippen molar-refractivity contribution in [3.05, 3.63) is 58.4 Å². The number of hydrogen-bond acceptors (Lipinski definition) is 7. The van der Waals surface area contributed by atoms with Crippen LogP contribution in [-0.2, 0) is 14.8 Å². The molecule has 0 N–H and O–H groups in total. The van der Waals surface area contributed by atoms with Crippen molar-refractivity contribution in [3.63, 3.8) is 0 Å². The molecular formula is C21H25FN4O5S. The fraction of sp³-hybridized carbons (Fsp3) is 0.429. The van der Waals surface area contributed by atoms with Gasteiger partial charge in [0.1, 0.15) is 5.69 Å². The third-order valence-corrected chi connectivity index (χ3v) is 7.88. The minimum Gasteiger partial charge on any atom is -0.378 e. The summed E-state index contributed by atoms with van der Waals surface area (Å²) in [7, 11) is -3.68. The van der Waals surface area contributed by atoms with Gasteiger partial charge in [-0.2, -0.15) is 4.31 Å². The van der Waals surface area contributed by atoms with Crippen LogP contribution in [0.15, 0.2) is 47.4 Å². The average Bonchev–Trinajstić information content (AvgIpc) is 2.79. The number of anilines is 2. The van der Waals surface area contributed by atoms with E-state index in [0.29, 0.717) is 37.7 Å². The Morgan fingerprint density at radius 3 is 2.34 bits per heavy atom. The van der Waals surface area contributed by atoms with Crippen molar-refractivity contribution in [2.45, 2.75) is 17.9 Å². The monoisotopic (exact) mass is 464 g/mol. The fourth-order valence-corrected chi connectivity index (χ4v) is 5.87. The van der Waals surface area contributed by atoms with Crippen molar-refractivity contribution in [2.24, 2.45) is 0 Å². The Bertz CT molecular complexity index is 1090. The summed E-state index contributed by atoms with van der Waals surface area (Å²) in [5.74, 6) is -0.652. The van der Waals surface area contributed by atoms with Crippen molar-refractivity contribution >= 4 is 27.1 Å². The summed E-state index contributed by atoms with van der Waals surface area (Å²) in [5, 5.41) is 11.7. The first-order valence-corrected chi connectivity index (χ1v) is 11.9. The van der Waals surface area contributed by atoms with Crippen molar-refractivity contribution in [3.8, 4) is 0 Å². The van der Waals surface area contributed by atoms with Crippen LogP contribution in [0, 0.1) is 15.9 Å². The quantitative estimate of drug-likeness (QED) is 0.495. The van der Waals surface area contributed by atoms with Crippen molar-refractivity contribution < 1.29 is 22.5 Å². The Hall–Kier alpha value is -2.76. The normalized spacial score (nSPS) is 20.4. The zero-order chi connectivity index (χ0) is 22.9. The lowest BCUT2D eigenvalue weighted by Gasteiger charge is -2.40. The maximum atomic E-state index is 14.7. The number of nitro benzene ring substituents is 1. The van der Waals surface area contributed by atoms with E-state index < -0.39 is 26.8 Å². The van der Waals surface area contributed by atoms with Crippen LogP contribution in [0.25, 0.3) is 0 Å². The molecule has 2 aromatic rings. The van der Waals surface area contributed by atoms with Crippen LogP contribution in [0.4, 0.5) is 21.5 Å². The Balaban J connectivity index is 1.62. The van der Waals surface area contributed by atoms with E-state index in [0.717, 1.165) is 6.07 Å². The molecule has 2 aliphatic heterocycles. The van der Waals surface area contributed by atoms with E-state index in [1.54, 1.807) is 42.2 Å². The number of halogens is 1. The zero-order valence-corrected chi connectivity index (χ0v) is 18.5. The van der Waals surface area contributed by atoms with Gasteiger partial charge in [0.2, 0.25) is 10.0 Å². The first-order valence-electron chi connectivity index (χ1n) is 10.4. The Labute approximate surface area is 186 Å². The lowest BCUT2D eigenvalue weighted by Crippen LogP contribution is -2.54. The molecule has 0 spiro atoms. The molecule has 0 radical (unpaired) electrons. The topological polar surface area (TPSA) is 96.2 Å². The standard InChI is InChI=1S/C21H25FN4O5S/c1-16-15-24(7-8-25(16)32(29,30)17-5-3-2-4-6-17)20-14-19(23-9-11-31-12-10-23)18(22)13-21(20)26(27)28/h2-6,13-14,16H,7-12,15H2,1H3/t16-/m0/s1. The molecule has 32 heavy (non-hydrogen) atoms. The molecule has 0 bridgehead atoms. The van der Waals surface area contributed by atoms with E-state index in [4.69, 9.17) is 4.74 Å². The van der Waals surface area contributed by atoms with Gasteiger partial charge in [-0.05, 0) is 25.1 Å². The highest BCUT2D eigenvalue weighted by molar-refractivity contribution is 7.89. The molecule has 2 aromatic carbocycles. The zero-order valence-electron chi connectivity index (χ0n) is 17.7. The van der Waals surface area contributed by atoms with Crippen LogP contribution in [0.3, 0.4) is 0 Å². The summed E-state index contributed by atoms with van der Waals surface area (Å²) in [5.41, 5.74) is 0.258. The van der Waals surface area contributed by atoms with Gasteiger partial charge in [0.15, 0.2) is 5.82 Å². The van der Waals surface area contributed by atoms with Gasteiger partial charge in [-0.3, -0.25) is 10.1 Å². The van der Waals surface area contributed by atoms with Gasteiger partial charge in [0.25, 0.3) is 5.69 Å². The second kappa shape index (κ2) is 9.00. The van der Waals surface area contributed by atoms with Crippen LogP contribution in [0.5, 0.6) is 0 Å². The highest BCUT2D eigenvalue weighted by Gasteiger charge is 2.36. The van der Waals surface area contributed by atoms with Crippen molar-refractivity contribution in [1.82, 2.24) is 4.31 Å². The van der Waals surface area contributed by atoms with Crippen LogP contribution in [-0.4, -0.2) is 69.6 Å². The summed E-state index contributed by atoms with van der Waals surface area (Å²) in [6.07, 6.45) is 0. The van der Waals surface area contributed by atoms with Gasteiger partial charge in [-0.1, -0.05) is 18.2 Å². The van der Waals surface area contributed by atoms with E-state index in [-0.39, 0.29) is 30.2 Å². The van der Waals surface area contributed by atoms with Crippen molar-refractivity contribution in [2.75, 3.05) is 55.7 Å². The molecule has 2 fully saturated rings. The molecule has 9 nitrogen and oxygen atoms in total. The van der Waals surface area contributed by atoms with Crippen molar-refractivity contribution in [1.29, 1.82) is 0 Å². The third kappa shape index (κ3) is 4.27.